The van der Waals surface area contributed by atoms with Gasteiger partial charge in [-0.15, -0.1) is 0 Å². The number of rotatable bonds is 4. The average molecular weight is 247 g/mol. The third kappa shape index (κ3) is 2.83. The van der Waals surface area contributed by atoms with Gasteiger partial charge in [-0.05, 0) is 51.2 Å². The zero-order chi connectivity index (χ0) is 13.1. The van der Waals surface area contributed by atoms with Gasteiger partial charge in [0.15, 0.2) is 0 Å². The van der Waals surface area contributed by atoms with Gasteiger partial charge in [0.25, 0.3) is 0 Å². The zero-order valence-electron chi connectivity index (χ0n) is 11.8. The van der Waals surface area contributed by atoms with E-state index in [1.165, 1.54) is 24.8 Å². The van der Waals surface area contributed by atoms with Gasteiger partial charge in [-0.1, -0.05) is 13.0 Å². The minimum Gasteiger partial charge on any atom is -0.351 e. The largest absolute Gasteiger partial charge is 0.351 e. The van der Waals surface area contributed by atoms with Gasteiger partial charge in [0, 0.05) is 24.3 Å². The summed E-state index contributed by atoms with van der Waals surface area (Å²) in [5, 5.41) is 0. The number of aromatic nitrogens is 1. The lowest BCUT2D eigenvalue weighted by atomic mass is 10.1. The van der Waals surface area contributed by atoms with Gasteiger partial charge < -0.3 is 10.6 Å². The molecule has 1 fully saturated rings. The molecule has 2 N–H and O–H groups in total. The van der Waals surface area contributed by atoms with Crippen molar-refractivity contribution in [2.45, 2.75) is 64.6 Å². The van der Waals surface area contributed by atoms with Gasteiger partial charge in [0.1, 0.15) is 5.82 Å². The first-order valence-corrected chi connectivity index (χ1v) is 7.10. The van der Waals surface area contributed by atoms with Crippen LogP contribution in [0.15, 0.2) is 18.3 Å². The van der Waals surface area contributed by atoms with Crippen LogP contribution in [0, 0.1) is 0 Å². The standard InChI is InChI=1S/C15H25N3/c1-4-14-7-5-12(3)18(14)15-8-6-13(10-17-15)9-11(2)16/h6,8,10-12,14H,4-5,7,9,16H2,1-3H3. The highest BCUT2D eigenvalue weighted by atomic mass is 15.2. The second kappa shape index (κ2) is 5.70. The van der Waals surface area contributed by atoms with Gasteiger partial charge in [-0.25, -0.2) is 4.98 Å². The van der Waals surface area contributed by atoms with E-state index in [0.717, 1.165) is 12.2 Å². The molecule has 1 saturated heterocycles. The van der Waals surface area contributed by atoms with E-state index in [9.17, 15) is 0 Å². The van der Waals surface area contributed by atoms with Crippen LogP contribution in [0.4, 0.5) is 5.82 Å². The van der Waals surface area contributed by atoms with E-state index >= 15 is 0 Å². The Bertz CT molecular complexity index is 372. The summed E-state index contributed by atoms with van der Waals surface area (Å²) in [7, 11) is 0. The Morgan fingerprint density at radius 3 is 2.78 bits per heavy atom. The first kappa shape index (κ1) is 13.3. The fourth-order valence-electron chi connectivity index (χ4n) is 2.95. The van der Waals surface area contributed by atoms with Crippen LogP contribution in [0.1, 0.15) is 45.6 Å². The number of pyridine rings is 1. The number of nitrogens with two attached hydrogens (primary N) is 1. The minimum atomic E-state index is 0.201. The van der Waals surface area contributed by atoms with Gasteiger partial charge in [-0.3, -0.25) is 0 Å². The molecule has 0 aliphatic carbocycles. The van der Waals surface area contributed by atoms with E-state index in [0.29, 0.717) is 12.1 Å². The van der Waals surface area contributed by atoms with Crippen LogP contribution in [0.3, 0.4) is 0 Å². The van der Waals surface area contributed by atoms with Crippen LogP contribution < -0.4 is 10.6 Å². The summed E-state index contributed by atoms with van der Waals surface area (Å²) in [4.78, 5) is 7.11. The predicted octanol–water partition coefficient (Wildman–Crippen LogP) is 2.74. The summed E-state index contributed by atoms with van der Waals surface area (Å²) >= 11 is 0. The maximum Gasteiger partial charge on any atom is 0.128 e. The first-order chi connectivity index (χ1) is 8.61. The van der Waals surface area contributed by atoms with Crippen molar-refractivity contribution < 1.29 is 0 Å². The summed E-state index contributed by atoms with van der Waals surface area (Å²) in [6.45, 7) is 6.59. The van der Waals surface area contributed by atoms with Crippen molar-refractivity contribution in [1.82, 2.24) is 4.98 Å². The molecule has 1 aromatic heterocycles. The molecule has 3 heteroatoms. The van der Waals surface area contributed by atoms with Crippen molar-refractivity contribution in [2.24, 2.45) is 5.73 Å². The molecular formula is C15H25N3. The molecule has 1 aliphatic rings. The van der Waals surface area contributed by atoms with Gasteiger partial charge in [0.2, 0.25) is 0 Å². The third-order valence-electron chi connectivity index (χ3n) is 3.89. The maximum atomic E-state index is 5.81. The van der Waals surface area contributed by atoms with E-state index in [1.54, 1.807) is 0 Å². The number of nitrogens with zero attached hydrogens (tertiary/aromatic N) is 2. The Hall–Kier alpha value is -1.09. The molecule has 18 heavy (non-hydrogen) atoms. The summed E-state index contributed by atoms with van der Waals surface area (Å²) in [5.41, 5.74) is 7.04. The number of hydrogen-bond donors (Lipinski definition) is 1. The van der Waals surface area contributed by atoms with Crippen LogP contribution in [-0.4, -0.2) is 23.1 Å². The lowest BCUT2D eigenvalue weighted by Crippen LogP contribution is -2.34. The Labute approximate surface area is 110 Å². The van der Waals surface area contributed by atoms with Crippen LogP contribution in [0.5, 0.6) is 0 Å². The fourth-order valence-corrected chi connectivity index (χ4v) is 2.95. The highest BCUT2D eigenvalue weighted by molar-refractivity contribution is 5.43. The average Bonchev–Trinajstić information content (AvgIpc) is 2.71. The number of anilines is 1. The molecule has 0 spiro atoms. The molecule has 1 aliphatic heterocycles. The van der Waals surface area contributed by atoms with Crippen molar-refractivity contribution in [1.29, 1.82) is 0 Å². The molecule has 1 aromatic rings. The summed E-state index contributed by atoms with van der Waals surface area (Å²) in [6, 6.07) is 5.80. The monoisotopic (exact) mass is 247 g/mol. The fraction of sp³-hybridized carbons (Fsp3) is 0.667. The quantitative estimate of drug-likeness (QED) is 0.889. The Morgan fingerprint density at radius 1 is 1.44 bits per heavy atom. The second-order valence-corrected chi connectivity index (χ2v) is 5.60. The van der Waals surface area contributed by atoms with E-state index in [-0.39, 0.29) is 6.04 Å². The van der Waals surface area contributed by atoms with Crippen LogP contribution in [0.25, 0.3) is 0 Å². The van der Waals surface area contributed by atoms with Crippen molar-refractivity contribution in [2.75, 3.05) is 4.90 Å². The highest BCUT2D eigenvalue weighted by Crippen LogP contribution is 2.30. The lowest BCUT2D eigenvalue weighted by molar-refractivity contribution is 0.620. The first-order valence-electron chi connectivity index (χ1n) is 7.10. The molecule has 2 rings (SSSR count). The third-order valence-corrected chi connectivity index (χ3v) is 3.89. The van der Waals surface area contributed by atoms with E-state index < -0.39 is 0 Å². The molecule has 3 nitrogen and oxygen atoms in total. The normalized spacial score (nSPS) is 25.4. The smallest absolute Gasteiger partial charge is 0.128 e. The number of hydrogen-bond acceptors (Lipinski definition) is 3. The lowest BCUT2D eigenvalue weighted by Gasteiger charge is -2.29. The Balaban J connectivity index is 2.13. The van der Waals surface area contributed by atoms with Gasteiger partial charge in [0.05, 0.1) is 0 Å². The van der Waals surface area contributed by atoms with E-state index in [1.807, 2.05) is 13.1 Å². The maximum absolute atomic E-state index is 5.81. The van der Waals surface area contributed by atoms with E-state index in [2.05, 4.69) is 35.9 Å². The molecule has 100 valence electrons. The second-order valence-electron chi connectivity index (χ2n) is 5.60. The van der Waals surface area contributed by atoms with E-state index in [4.69, 9.17) is 5.73 Å². The molecule has 0 amide bonds. The molecule has 0 saturated carbocycles. The predicted molar refractivity (Wildman–Crippen MR) is 76.8 cm³/mol. The molecule has 0 radical (unpaired) electrons. The van der Waals surface area contributed by atoms with Crippen molar-refractivity contribution in [3.05, 3.63) is 23.9 Å². The van der Waals surface area contributed by atoms with Crippen molar-refractivity contribution in [3.8, 4) is 0 Å². The molecule has 0 aromatic carbocycles. The van der Waals surface area contributed by atoms with Crippen LogP contribution >= 0.6 is 0 Å². The molecular weight excluding hydrogens is 222 g/mol. The van der Waals surface area contributed by atoms with Crippen LogP contribution in [0.2, 0.25) is 0 Å². The molecule has 2 heterocycles. The SMILES string of the molecule is CCC1CCC(C)N1c1ccc(CC(C)N)cn1. The van der Waals surface area contributed by atoms with Gasteiger partial charge >= 0.3 is 0 Å². The van der Waals surface area contributed by atoms with Crippen LogP contribution in [-0.2, 0) is 6.42 Å². The van der Waals surface area contributed by atoms with Crippen molar-refractivity contribution in [3.63, 3.8) is 0 Å². The molecule has 3 atom stereocenters. The Morgan fingerprint density at radius 2 is 2.22 bits per heavy atom. The Kier molecular flexibility index (Phi) is 4.23. The minimum absolute atomic E-state index is 0.201. The van der Waals surface area contributed by atoms with Crippen molar-refractivity contribution >= 4 is 5.82 Å². The highest BCUT2D eigenvalue weighted by Gasteiger charge is 2.29. The summed E-state index contributed by atoms with van der Waals surface area (Å²) < 4.78 is 0. The summed E-state index contributed by atoms with van der Waals surface area (Å²) in [5.74, 6) is 1.13. The van der Waals surface area contributed by atoms with Gasteiger partial charge in [-0.2, -0.15) is 0 Å². The molecule has 0 bridgehead atoms. The summed E-state index contributed by atoms with van der Waals surface area (Å²) in [6.07, 6.45) is 6.66. The molecule has 3 unspecified atom stereocenters. The topological polar surface area (TPSA) is 42.1 Å². The zero-order valence-corrected chi connectivity index (χ0v) is 11.8.